The molecule has 1 aliphatic carbocycles. The predicted molar refractivity (Wildman–Crippen MR) is 90.8 cm³/mol. The smallest absolute Gasteiger partial charge is 0.307 e. The Morgan fingerprint density at radius 3 is 2.28 bits per heavy atom. The highest BCUT2D eigenvalue weighted by atomic mass is 16.5. The van der Waals surface area contributed by atoms with E-state index in [1.807, 2.05) is 32.0 Å². The Labute approximate surface area is 146 Å². The summed E-state index contributed by atoms with van der Waals surface area (Å²) in [5.41, 5.74) is 6.45. The molecule has 0 saturated heterocycles. The summed E-state index contributed by atoms with van der Waals surface area (Å²) >= 11 is 0. The van der Waals surface area contributed by atoms with Crippen molar-refractivity contribution < 1.29 is 24.2 Å². The van der Waals surface area contributed by atoms with Gasteiger partial charge in [-0.1, -0.05) is 31.0 Å². The van der Waals surface area contributed by atoms with E-state index in [-0.39, 0.29) is 6.61 Å². The maximum absolute atomic E-state index is 12.2. The first kappa shape index (κ1) is 18.8. The number of hydrogen-bond donors (Lipinski definition) is 3. The number of hydrogen-bond acceptors (Lipinski definition) is 4. The highest BCUT2D eigenvalue weighted by molar-refractivity contribution is 5.87. The zero-order valence-electron chi connectivity index (χ0n) is 14.5. The van der Waals surface area contributed by atoms with Crippen molar-refractivity contribution >= 4 is 17.8 Å². The molecule has 1 aromatic rings. The van der Waals surface area contributed by atoms with Gasteiger partial charge in [0.15, 0.2) is 6.61 Å². The molecule has 2 atom stereocenters. The van der Waals surface area contributed by atoms with Crippen LogP contribution >= 0.6 is 0 Å². The molecule has 7 heteroatoms. The van der Waals surface area contributed by atoms with Gasteiger partial charge >= 0.3 is 5.97 Å². The number of carboxylic acids is 1. The monoisotopic (exact) mass is 348 g/mol. The van der Waals surface area contributed by atoms with Gasteiger partial charge in [0.2, 0.25) is 5.91 Å². The lowest BCUT2D eigenvalue weighted by atomic mass is 9.79. The maximum Gasteiger partial charge on any atom is 0.307 e. The Morgan fingerprint density at radius 2 is 1.68 bits per heavy atom. The second-order valence-corrected chi connectivity index (χ2v) is 6.38. The summed E-state index contributed by atoms with van der Waals surface area (Å²) in [6.07, 6.45) is 2.61. The molecule has 25 heavy (non-hydrogen) atoms. The average molecular weight is 348 g/mol. The quantitative estimate of drug-likeness (QED) is 0.703. The largest absolute Gasteiger partial charge is 0.483 e. The van der Waals surface area contributed by atoms with Crippen molar-refractivity contribution in [1.82, 2.24) is 10.9 Å². The number of hydrazine groups is 1. The molecule has 136 valence electrons. The van der Waals surface area contributed by atoms with Crippen molar-refractivity contribution in [2.24, 2.45) is 11.8 Å². The zero-order chi connectivity index (χ0) is 18.4. The summed E-state index contributed by atoms with van der Waals surface area (Å²) in [6.45, 7) is 3.53. The molecule has 0 spiro atoms. The van der Waals surface area contributed by atoms with Crippen LogP contribution < -0.4 is 15.6 Å². The Hall–Kier alpha value is -2.57. The van der Waals surface area contributed by atoms with Gasteiger partial charge < -0.3 is 9.84 Å². The van der Waals surface area contributed by atoms with E-state index in [4.69, 9.17) is 4.74 Å². The van der Waals surface area contributed by atoms with Crippen LogP contribution in [0, 0.1) is 25.7 Å². The number of rotatable bonds is 5. The Bertz CT molecular complexity index is 639. The fourth-order valence-corrected chi connectivity index (χ4v) is 3.16. The summed E-state index contributed by atoms with van der Waals surface area (Å²) in [7, 11) is 0. The number of aryl methyl sites for hydroxylation is 2. The first-order chi connectivity index (χ1) is 11.9. The maximum atomic E-state index is 12.2. The summed E-state index contributed by atoms with van der Waals surface area (Å²) < 4.78 is 5.51. The first-order valence-corrected chi connectivity index (χ1v) is 8.40. The van der Waals surface area contributed by atoms with Crippen LogP contribution in [0.15, 0.2) is 18.2 Å². The molecule has 1 fully saturated rings. The van der Waals surface area contributed by atoms with Crippen molar-refractivity contribution in [3.05, 3.63) is 29.3 Å². The predicted octanol–water partition coefficient (Wildman–Crippen LogP) is 1.72. The summed E-state index contributed by atoms with van der Waals surface area (Å²) in [5.74, 6) is -2.61. The lowest BCUT2D eigenvalue weighted by Crippen LogP contribution is -2.49. The Balaban J connectivity index is 1.83. The third-order valence-corrected chi connectivity index (χ3v) is 4.50. The van der Waals surface area contributed by atoms with E-state index in [1.54, 1.807) is 0 Å². The lowest BCUT2D eigenvalue weighted by molar-refractivity contribution is -0.149. The zero-order valence-corrected chi connectivity index (χ0v) is 14.5. The van der Waals surface area contributed by atoms with Crippen LogP contribution in [0.4, 0.5) is 0 Å². The minimum Gasteiger partial charge on any atom is -0.483 e. The summed E-state index contributed by atoms with van der Waals surface area (Å²) in [5, 5.41) is 9.21. The molecule has 0 bridgehead atoms. The second-order valence-electron chi connectivity index (χ2n) is 6.38. The van der Waals surface area contributed by atoms with E-state index in [2.05, 4.69) is 10.9 Å². The van der Waals surface area contributed by atoms with Crippen LogP contribution in [-0.2, 0) is 14.4 Å². The van der Waals surface area contributed by atoms with Crippen molar-refractivity contribution in [2.75, 3.05) is 6.61 Å². The van der Waals surface area contributed by atoms with Gasteiger partial charge in [0.25, 0.3) is 5.91 Å². The van der Waals surface area contributed by atoms with Gasteiger partial charge in [0, 0.05) is 0 Å². The fraction of sp³-hybridized carbons (Fsp3) is 0.500. The third-order valence-electron chi connectivity index (χ3n) is 4.50. The second kappa shape index (κ2) is 8.50. The van der Waals surface area contributed by atoms with Crippen LogP contribution in [0.3, 0.4) is 0 Å². The molecule has 2 amide bonds. The van der Waals surface area contributed by atoms with E-state index in [9.17, 15) is 19.5 Å². The number of nitrogens with one attached hydrogen (secondary N) is 2. The van der Waals surface area contributed by atoms with Crippen molar-refractivity contribution in [1.29, 1.82) is 0 Å². The molecule has 0 heterocycles. The highest BCUT2D eigenvalue weighted by Crippen LogP contribution is 2.30. The van der Waals surface area contributed by atoms with E-state index in [0.717, 1.165) is 24.0 Å². The minimum absolute atomic E-state index is 0.237. The Morgan fingerprint density at radius 1 is 1.08 bits per heavy atom. The van der Waals surface area contributed by atoms with Crippen LogP contribution in [0.1, 0.15) is 36.8 Å². The number of benzene rings is 1. The van der Waals surface area contributed by atoms with Gasteiger partial charge in [-0.3, -0.25) is 25.2 Å². The molecular formula is C18H24N2O5. The average Bonchev–Trinajstić information content (AvgIpc) is 2.59. The minimum atomic E-state index is -0.968. The number of carbonyl (C=O) groups excluding carboxylic acids is 2. The lowest BCUT2D eigenvalue weighted by Gasteiger charge is -2.27. The van der Waals surface area contributed by atoms with Crippen molar-refractivity contribution in [3.63, 3.8) is 0 Å². The SMILES string of the molecule is Cc1cccc(C)c1OCC(=O)NNC(=O)[C@@H]1CCCC[C@@H]1C(=O)O. The first-order valence-electron chi connectivity index (χ1n) is 8.40. The molecule has 0 unspecified atom stereocenters. The molecule has 0 aliphatic heterocycles. The van der Waals surface area contributed by atoms with Gasteiger partial charge in [0.05, 0.1) is 11.8 Å². The van der Waals surface area contributed by atoms with E-state index in [0.29, 0.717) is 18.6 Å². The number of ether oxygens (including phenoxy) is 1. The standard InChI is InChI=1S/C18H24N2O5/c1-11-6-5-7-12(2)16(11)25-10-15(21)19-20-17(22)13-8-3-4-9-14(13)18(23)24/h5-7,13-14H,3-4,8-10H2,1-2H3,(H,19,21)(H,20,22)(H,23,24)/t13-,14+/m1/s1. The Kier molecular flexibility index (Phi) is 6.38. The van der Waals surface area contributed by atoms with Crippen molar-refractivity contribution in [2.45, 2.75) is 39.5 Å². The van der Waals surface area contributed by atoms with Crippen LogP contribution in [0.2, 0.25) is 0 Å². The molecule has 2 rings (SSSR count). The van der Waals surface area contributed by atoms with Gasteiger partial charge in [-0.25, -0.2) is 0 Å². The number of para-hydroxylation sites is 1. The molecular weight excluding hydrogens is 324 g/mol. The molecule has 1 aliphatic rings. The molecule has 0 aromatic heterocycles. The highest BCUT2D eigenvalue weighted by Gasteiger charge is 2.35. The normalized spacial score (nSPS) is 19.8. The molecule has 3 N–H and O–H groups in total. The number of aliphatic carboxylic acids is 1. The van der Waals surface area contributed by atoms with Gasteiger partial charge in [-0.2, -0.15) is 0 Å². The number of amides is 2. The van der Waals surface area contributed by atoms with E-state index in [1.165, 1.54) is 0 Å². The topological polar surface area (TPSA) is 105 Å². The summed E-state index contributed by atoms with van der Waals surface area (Å²) in [6, 6.07) is 5.68. The molecule has 0 radical (unpaired) electrons. The molecule has 1 aromatic carbocycles. The van der Waals surface area contributed by atoms with Crippen molar-refractivity contribution in [3.8, 4) is 5.75 Å². The van der Waals surface area contributed by atoms with E-state index >= 15 is 0 Å². The number of carboxylic acid groups (broad SMARTS) is 1. The van der Waals surface area contributed by atoms with Gasteiger partial charge in [-0.15, -0.1) is 0 Å². The van der Waals surface area contributed by atoms with Crippen LogP contribution in [0.25, 0.3) is 0 Å². The fourth-order valence-electron chi connectivity index (χ4n) is 3.16. The van der Waals surface area contributed by atoms with Crippen LogP contribution in [-0.4, -0.2) is 29.5 Å². The van der Waals surface area contributed by atoms with Gasteiger partial charge in [-0.05, 0) is 37.8 Å². The third kappa shape index (κ3) is 4.95. The summed E-state index contributed by atoms with van der Waals surface area (Å²) in [4.78, 5) is 35.3. The van der Waals surface area contributed by atoms with Crippen LogP contribution in [0.5, 0.6) is 5.75 Å². The van der Waals surface area contributed by atoms with E-state index < -0.39 is 29.6 Å². The van der Waals surface area contributed by atoms with Gasteiger partial charge in [0.1, 0.15) is 5.75 Å². The molecule has 7 nitrogen and oxygen atoms in total. The number of carbonyl (C=O) groups is 3. The molecule has 1 saturated carbocycles.